The molecule has 0 aromatic heterocycles. The van der Waals surface area contributed by atoms with Crippen molar-refractivity contribution in [3.8, 4) is 0 Å². The summed E-state index contributed by atoms with van der Waals surface area (Å²) in [6.07, 6.45) is 0. The van der Waals surface area contributed by atoms with E-state index in [-0.39, 0.29) is 5.75 Å². The highest BCUT2D eigenvalue weighted by atomic mass is 32.2. The summed E-state index contributed by atoms with van der Waals surface area (Å²) in [5.41, 5.74) is 2.09. The summed E-state index contributed by atoms with van der Waals surface area (Å²) >= 11 is 0. The quantitative estimate of drug-likeness (QED) is 0.860. The van der Waals surface area contributed by atoms with Gasteiger partial charge in [-0.2, -0.15) is 0 Å². The third-order valence-corrected chi connectivity index (χ3v) is 4.37. The van der Waals surface area contributed by atoms with Crippen molar-refractivity contribution in [1.29, 1.82) is 0 Å². The molecule has 0 fully saturated rings. The van der Waals surface area contributed by atoms with Crippen molar-refractivity contribution in [2.45, 2.75) is 12.7 Å². The van der Waals surface area contributed by atoms with Gasteiger partial charge < -0.3 is 4.74 Å². The van der Waals surface area contributed by atoms with Gasteiger partial charge >= 0.3 is 5.97 Å². The number of aryl methyl sites for hydroxylation is 1. The van der Waals surface area contributed by atoms with Crippen LogP contribution in [0.4, 0.5) is 5.69 Å². The molecule has 0 unspecified atom stereocenters. The van der Waals surface area contributed by atoms with Crippen molar-refractivity contribution in [2.75, 3.05) is 11.8 Å². The maximum Gasteiger partial charge on any atom is 0.337 e. The molecule has 22 heavy (non-hydrogen) atoms. The van der Waals surface area contributed by atoms with E-state index in [2.05, 4.69) is 9.46 Å². The Balaban J connectivity index is 2.24. The summed E-state index contributed by atoms with van der Waals surface area (Å²) in [4.78, 5) is 11.5. The smallest absolute Gasteiger partial charge is 0.337 e. The fourth-order valence-corrected chi connectivity index (χ4v) is 3.23. The first-order valence-electron chi connectivity index (χ1n) is 6.64. The van der Waals surface area contributed by atoms with Crippen LogP contribution in [-0.4, -0.2) is 21.5 Å². The van der Waals surface area contributed by atoms with Crippen LogP contribution in [0.25, 0.3) is 0 Å². The van der Waals surface area contributed by atoms with Gasteiger partial charge in [0.1, 0.15) is 0 Å². The van der Waals surface area contributed by atoms with Crippen molar-refractivity contribution >= 4 is 21.7 Å². The summed E-state index contributed by atoms with van der Waals surface area (Å²) in [5, 5.41) is 0. The van der Waals surface area contributed by atoms with Crippen molar-refractivity contribution < 1.29 is 17.9 Å². The summed E-state index contributed by atoms with van der Waals surface area (Å²) in [7, 11) is -2.28. The van der Waals surface area contributed by atoms with Crippen LogP contribution in [0.5, 0.6) is 0 Å². The van der Waals surface area contributed by atoms with Crippen LogP contribution in [-0.2, 0) is 20.5 Å². The Morgan fingerprint density at radius 2 is 1.82 bits per heavy atom. The van der Waals surface area contributed by atoms with Crippen LogP contribution in [0.3, 0.4) is 0 Å². The molecule has 0 heterocycles. The molecule has 0 atom stereocenters. The number of hydrogen-bond acceptors (Lipinski definition) is 4. The number of carbonyl (C=O) groups excluding carboxylic acids is 1. The molecule has 0 aliphatic carbocycles. The Bertz CT molecular complexity index is 770. The lowest BCUT2D eigenvalue weighted by Gasteiger charge is -2.12. The van der Waals surface area contributed by atoms with Crippen molar-refractivity contribution in [3.63, 3.8) is 0 Å². The lowest BCUT2D eigenvalue weighted by molar-refractivity contribution is 0.0601. The molecule has 0 aliphatic heterocycles. The molecule has 6 heteroatoms. The average molecular weight is 319 g/mol. The maximum absolute atomic E-state index is 12.2. The van der Waals surface area contributed by atoms with Gasteiger partial charge in [0.25, 0.3) is 0 Å². The summed E-state index contributed by atoms with van der Waals surface area (Å²) in [6, 6.07) is 13.6. The first kappa shape index (κ1) is 16.0. The standard InChI is InChI=1S/C16H17NO4S/c1-12-8-9-14(16(18)21-2)10-15(12)17-22(19,20)11-13-6-4-3-5-7-13/h3-10,17H,11H2,1-2H3. The minimum Gasteiger partial charge on any atom is -0.465 e. The lowest BCUT2D eigenvalue weighted by atomic mass is 10.1. The van der Waals surface area contributed by atoms with Crippen molar-refractivity contribution in [3.05, 3.63) is 65.2 Å². The van der Waals surface area contributed by atoms with Crippen LogP contribution in [0.15, 0.2) is 48.5 Å². The number of carbonyl (C=O) groups is 1. The molecule has 0 aliphatic rings. The van der Waals surface area contributed by atoms with E-state index in [9.17, 15) is 13.2 Å². The monoisotopic (exact) mass is 319 g/mol. The lowest BCUT2D eigenvalue weighted by Crippen LogP contribution is -2.16. The number of benzene rings is 2. The number of esters is 1. The summed E-state index contributed by atoms with van der Waals surface area (Å²) in [5.74, 6) is -0.640. The van der Waals surface area contributed by atoms with Crippen LogP contribution >= 0.6 is 0 Å². The van der Waals surface area contributed by atoms with Gasteiger partial charge in [-0.15, -0.1) is 0 Å². The average Bonchev–Trinajstić information content (AvgIpc) is 2.49. The third-order valence-electron chi connectivity index (χ3n) is 3.12. The normalized spacial score (nSPS) is 11.0. The second kappa shape index (κ2) is 6.62. The first-order valence-corrected chi connectivity index (χ1v) is 8.30. The predicted octanol–water partition coefficient (Wildman–Crippen LogP) is 2.72. The van der Waals surface area contributed by atoms with E-state index in [0.717, 1.165) is 5.56 Å². The molecule has 116 valence electrons. The molecule has 0 bridgehead atoms. The Labute approximate surface area is 130 Å². The third kappa shape index (κ3) is 4.08. The molecule has 0 saturated carbocycles. The minimum atomic E-state index is -3.56. The summed E-state index contributed by atoms with van der Waals surface area (Å²) in [6.45, 7) is 1.77. The Hall–Kier alpha value is -2.34. The van der Waals surface area contributed by atoms with Gasteiger partial charge in [-0.3, -0.25) is 4.72 Å². The molecule has 5 nitrogen and oxygen atoms in total. The number of anilines is 1. The second-order valence-electron chi connectivity index (χ2n) is 4.87. The molecule has 0 radical (unpaired) electrons. The first-order chi connectivity index (χ1) is 10.4. The zero-order valence-electron chi connectivity index (χ0n) is 12.4. The second-order valence-corrected chi connectivity index (χ2v) is 6.59. The van der Waals surface area contributed by atoms with Gasteiger partial charge in [0.05, 0.1) is 24.1 Å². The fraction of sp³-hybridized carbons (Fsp3) is 0.188. The topological polar surface area (TPSA) is 72.5 Å². The molecule has 0 spiro atoms. The van der Waals surface area contributed by atoms with Gasteiger partial charge in [-0.25, -0.2) is 13.2 Å². The Kier molecular flexibility index (Phi) is 4.82. The molecular weight excluding hydrogens is 302 g/mol. The summed E-state index contributed by atoms with van der Waals surface area (Å²) < 4.78 is 31.6. The molecule has 2 aromatic carbocycles. The van der Waals surface area contributed by atoms with Crippen molar-refractivity contribution in [2.24, 2.45) is 0 Å². The molecule has 0 amide bonds. The van der Waals surface area contributed by atoms with Crippen molar-refractivity contribution in [1.82, 2.24) is 0 Å². The molecular formula is C16H17NO4S. The molecule has 2 aromatic rings. The van der Waals surface area contributed by atoms with E-state index in [4.69, 9.17) is 0 Å². The van der Waals surface area contributed by atoms with E-state index in [0.29, 0.717) is 16.8 Å². The van der Waals surface area contributed by atoms with Gasteiger partial charge in [0, 0.05) is 0 Å². The minimum absolute atomic E-state index is 0.129. The Morgan fingerprint density at radius 3 is 2.45 bits per heavy atom. The number of rotatable bonds is 5. The highest BCUT2D eigenvalue weighted by molar-refractivity contribution is 7.91. The zero-order chi connectivity index (χ0) is 16.2. The largest absolute Gasteiger partial charge is 0.465 e. The Morgan fingerprint density at radius 1 is 1.14 bits per heavy atom. The predicted molar refractivity (Wildman–Crippen MR) is 85.2 cm³/mol. The highest BCUT2D eigenvalue weighted by Gasteiger charge is 2.15. The van der Waals surface area contributed by atoms with Gasteiger partial charge in [-0.1, -0.05) is 36.4 Å². The number of sulfonamides is 1. The van der Waals surface area contributed by atoms with E-state index in [1.54, 1.807) is 43.3 Å². The van der Waals surface area contributed by atoms with Crippen LogP contribution in [0.2, 0.25) is 0 Å². The SMILES string of the molecule is COC(=O)c1ccc(C)c(NS(=O)(=O)Cc2ccccc2)c1. The van der Waals surface area contributed by atoms with Crippen LogP contribution in [0, 0.1) is 6.92 Å². The van der Waals surface area contributed by atoms with Gasteiger partial charge in [-0.05, 0) is 30.2 Å². The van der Waals surface area contributed by atoms with E-state index in [1.807, 2.05) is 6.07 Å². The van der Waals surface area contributed by atoms with Crippen LogP contribution < -0.4 is 4.72 Å². The number of methoxy groups -OCH3 is 1. The van der Waals surface area contributed by atoms with Gasteiger partial charge in [0.15, 0.2) is 0 Å². The van der Waals surface area contributed by atoms with E-state index >= 15 is 0 Å². The number of hydrogen-bond donors (Lipinski definition) is 1. The number of ether oxygens (including phenoxy) is 1. The van der Waals surface area contributed by atoms with Gasteiger partial charge in [0.2, 0.25) is 10.0 Å². The number of nitrogens with one attached hydrogen (secondary N) is 1. The molecule has 0 saturated heterocycles. The molecule has 1 N–H and O–H groups in total. The fourth-order valence-electron chi connectivity index (χ4n) is 1.97. The zero-order valence-corrected chi connectivity index (χ0v) is 13.2. The van der Waals surface area contributed by atoms with E-state index in [1.165, 1.54) is 13.2 Å². The molecule has 2 rings (SSSR count). The highest BCUT2D eigenvalue weighted by Crippen LogP contribution is 2.20. The van der Waals surface area contributed by atoms with E-state index < -0.39 is 16.0 Å². The maximum atomic E-state index is 12.2. The van der Waals surface area contributed by atoms with Crippen LogP contribution in [0.1, 0.15) is 21.5 Å².